The second-order valence-corrected chi connectivity index (χ2v) is 2.88. The molecule has 0 bridgehead atoms. The zero-order chi connectivity index (χ0) is 9.72. The Kier molecular flexibility index (Phi) is 4.33. The van der Waals surface area contributed by atoms with Crippen LogP contribution in [-0.4, -0.2) is 42.9 Å². The summed E-state index contributed by atoms with van der Waals surface area (Å²) in [6, 6.07) is -0.270. The van der Waals surface area contributed by atoms with Crippen LogP contribution in [0.1, 0.15) is 19.8 Å². The molecule has 0 rings (SSSR count). The fraction of sp³-hybridized carbons (Fsp3) is 0.750. The predicted molar refractivity (Wildman–Crippen MR) is 46.8 cm³/mol. The van der Waals surface area contributed by atoms with Crippen LogP contribution >= 0.6 is 0 Å². The smallest absolute Gasteiger partial charge is 0.325 e. The lowest BCUT2D eigenvalue weighted by atomic mass is 10.3. The van der Waals surface area contributed by atoms with Gasteiger partial charge < -0.3 is 4.90 Å². The van der Waals surface area contributed by atoms with Crippen LogP contribution in [0.3, 0.4) is 0 Å². The van der Waals surface area contributed by atoms with Crippen molar-refractivity contribution in [1.82, 2.24) is 9.80 Å². The fourth-order valence-corrected chi connectivity index (χ4v) is 0.788. The Morgan fingerprint density at radius 1 is 1.17 bits per heavy atom. The number of hydrogen-bond donors (Lipinski definition) is 0. The highest BCUT2D eigenvalue weighted by Crippen LogP contribution is 1.97. The first kappa shape index (κ1) is 10.9. The van der Waals surface area contributed by atoms with Crippen LogP contribution in [-0.2, 0) is 4.79 Å². The second kappa shape index (κ2) is 4.74. The topological polar surface area (TPSA) is 40.6 Å². The highest BCUT2D eigenvalue weighted by atomic mass is 16.2. The summed E-state index contributed by atoms with van der Waals surface area (Å²) in [4.78, 5) is 24.9. The number of nitrogens with zero attached hydrogens (tertiary/aromatic N) is 2. The molecule has 0 saturated heterocycles. The van der Waals surface area contributed by atoms with E-state index >= 15 is 0 Å². The van der Waals surface area contributed by atoms with Crippen molar-refractivity contribution in [3.05, 3.63) is 0 Å². The van der Waals surface area contributed by atoms with Crippen molar-refractivity contribution in [3.8, 4) is 0 Å². The van der Waals surface area contributed by atoms with Crippen molar-refractivity contribution < 1.29 is 9.59 Å². The standard InChI is InChI=1S/C8H16N2O2/c1-5-6-7(11)10(4)8(12)9(2)3/h5-6H2,1-4H3. The van der Waals surface area contributed by atoms with Crippen molar-refractivity contribution >= 4 is 11.9 Å². The van der Waals surface area contributed by atoms with Gasteiger partial charge in [0.1, 0.15) is 0 Å². The number of imide groups is 1. The number of urea groups is 1. The highest BCUT2D eigenvalue weighted by molar-refractivity contribution is 5.93. The minimum absolute atomic E-state index is 0.129. The summed E-state index contributed by atoms with van der Waals surface area (Å²) in [7, 11) is 4.75. The molecule has 3 amide bonds. The molecule has 4 heteroatoms. The van der Waals surface area contributed by atoms with Gasteiger partial charge in [0, 0.05) is 27.6 Å². The van der Waals surface area contributed by atoms with Gasteiger partial charge in [-0.05, 0) is 6.42 Å². The molecule has 0 fully saturated rings. The maximum atomic E-state index is 11.2. The van der Waals surface area contributed by atoms with Gasteiger partial charge in [-0.15, -0.1) is 0 Å². The molecule has 0 aromatic heterocycles. The van der Waals surface area contributed by atoms with E-state index in [2.05, 4.69) is 0 Å². The highest BCUT2D eigenvalue weighted by Gasteiger charge is 2.16. The molecular formula is C8H16N2O2. The lowest BCUT2D eigenvalue weighted by molar-refractivity contribution is -0.127. The van der Waals surface area contributed by atoms with Gasteiger partial charge in [-0.25, -0.2) is 4.79 Å². The van der Waals surface area contributed by atoms with Crippen LogP contribution in [0.25, 0.3) is 0 Å². The van der Waals surface area contributed by atoms with Gasteiger partial charge in [-0.3, -0.25) is 9.69 Å². The summed E-state index contributed by atoms with van der Waals surface area (Å²) >= 11 is 0. The summed E-state index contributed by atoms with van der Waals surface area (Å²) in [5.41, 5.74) is 0. The van der Waals surface area contributed by atoms with E-state index in [1.54, 1.807) is 14.1 Å². The van der Waals surface area contributed by atoms with E-state index in [0.717, 1.165) is 11.3 Å². The van der Waals surface area contributed by atoms with Crippen molar-refractivity contribution in [3.63, 3.8) is 0 Å². The molecule has 0 saturated carbocycles. The van der Waals surface area contributed by atoms with Crippen LogP contribution in [0.2, 0.25) is 0 Å². The molecule has 4 nitrogen and oxygen atoms in total. The van der Waals surface area contributed by atoms with Gasteiger partial charge in [0.25, 0.3) is 0 Å². The van der Waals surface area contributed by atoms with E-state index in [0.29, 0.717) is 6.42 Å². The average Bonchev–Trinajstić information content (AvgIpc) is 2.02. The number of amides is 3. The molecule has 0 aromatic rings. The Morgan fingerprint density at radius 3 is 2.00 bits per heavy atom. The van der Waals surface area contributed by atoms with Crippen molar-refractivity contribution in [1.29, 1.82) is 0 Å². The lowest BCUT2D eigenvalue weighted by Crippen LogP contribution is -2.40. The molecule has 0 spiro atoms. The first-order chi connectivity index (χ1) is 5.50. The molecule has 0 radical (unpaired) electrons. The van der Waals surface area contributed by atoms with Gasteiger partial charge >= 0.3 is 6.03 Å². The van der Waals surface area contributed by atoms with Gasteiger partial charge in [0.15, 0.2) is 0 Å². The van der Waals surface area contributed by atoms with Crippen molar-refractivity contribution in [2.75, 3.05) is 21.1 Å². The van der Waals surface area contributed by atoms with Crippen LogP contribution in [0.5, 0.6) is 0 Å². The molecular weight excluding hydrogens is 156 g/mol. The van der Waals surface area contributed by atoms with E-state index in [1.807, 2.05) is 6.92 Å². The quantitative estimate of drug-likeness (QED) is 0.621. The van der Waals surface area contributed by atoms with Crippen molar-refractivity contribution in [2.24, 2.45) is 0 Å². The third-order valence-corrected chi connectivity index (χ3v) is 1.51. The molecule has 0 atom stereocenters. The first-order valence-corrected chi connectivity index (χ1v) is 3.98. The Balaban J connectivity index is 4.10. The summed E-state index contributed by atoms with van der Waals surface area (Å²) in [6.45, 7) is 1.91. The van der Waals surface area contributed by atoms with E-state index in [4.69, 9.17) is 0 Å². The molecule has 12 heavy (non-hydrogen) atoms. The monoisotopic (exact) mass is 172 g/mol. The Morgan fingerprint density at radius 2 is 1.67 bits per heavy atom. The Labute approximate surface area is 73.1 Å². The Hall–Kier alpha value is -1.06. The van der Waals surface area contributed by atoms with Gasteiger partial charge in [-0.2, -0.15) is 0 Å². The number of rotatable bonds is 2. The molecule has 0 aliphatic heterocycles. The normalized spacial score (nSPS) is 9.33. The Bertz CT molecular complexity index is 178. The van der Waals surface area contributed by atoms with Crippen LogP contribution in [0, 0.1) is 0 Å². The SMILES string of the molecule is CCCC(=O)N(C)C(=O)N(C)C. The molecule has 0 aliphatic rings. The maximum absolute atomic E-state index is 11.2. The maximum Gasteiger partial charge on any atom is 0.325 e. The fourth-order valence-electron chi connectivity index (χ4n) is 0.788. The van der Waals surface area contributed by atoms with Gasteiger partial charge in [0.05, 0.1) is 0 Å². The summed E-state index contributed by atoms with van der Waals surface area (Å²) < 4.78 is 0. The first-order valence-electron chi connectivity index (χ1n) is 3.98. The van der Waals surface area contributed by atoms with Crippen LogP contribution in [0.4, 0.5) is 4.79 Å². The predicted octanol–water partition coefficient (Wildman–Crippen LogP) is 0.927. The summed E-state index contributed by atoms with van der Waals surface area (Å²) in [5, 5.41) is 0. The van der Waals surface area contributed by atoms with Gasteiger partial charge in [-0.1, -0.05) is 6.92 Å². The molecule has 0 aromatic carbocycles. The third-order valence-electron chi connectivity index (χ3n) is 1.51. The number of carbonyl (C=O) groups excluding carboxylic acids is 2. The molecule has 0 aliphatic carbocycles. The lowest BCUT2D eigenvalue weighted by Gasteiger charge is -2.19. The molecule has 0 heterocycles. The number of carbonyl (C=O) groups is 2. The molecule has 0 unspecified atom stereocenters. The van der Waals surface area contributed by atoms with E-state index in [1.165, 1.54) is 11.9 Å². The summed E-state index contributed by atoms with van der Waals surface area (Å²) in [6.07, 6.45) is 1.19. The summed E-state index contributed by atoms with van der Waals surface area (Å²) in [5.74, 6) is -0.129. The molecule has 70 valence electrons. The van der Waals surface area contributed by atoms with Crippen LogP contribution in [0.15, 0.2) is 0 Å². The minimum atomic E-state index is -0.270. The van der Waals surface area contributed by atoms with Gasteiger partial charge in [0.2, 0.25) is 5.91 Å². The minimum Gasteiger partial charge on any atom is -0.330 e. The van der Waals surface area contributed by atoms with E-state index in [-0.39, 0.29) is 11.9 Å². The van der Waals surface area contributed by atoms with E-state index in [9.17, 15) is 9.59 Å². The van der Waals surface area contributed by atoms with Crippen LogP contribution < -0.4 is 0 Å². The van der Waals surface area contributed by atoms with E-state index < -0.39 is 0 Å². The zero-order valence-electron chi connectivity index (χ0n) is 8.13. The molecule has 0 N–H and O–H groups in total. The zero-order valence-corrected chi connectivity index (χ0v) is 8.13. The second-order valence-electron chi connectivity index (χ2n) is 2.88. The third kappa shape index (κ3) is 2.90. The largest absolute Gasteiger partial charge is 0.330 e. The van der Waals surface area contributed by atoms with Crippen molar-refractivity contribution in [2.45, 2.75) is 19.8 Å². The average molecular weight is 172 g/mol. The number of hydrogen-bond acceptors (Lipinski definition) is 2.